The van der Waals surface area contributed by atoms with Crippen LogP contribution in [0.1, 0.15) is 73.6 Å². The summed E-state index contributed by atoms with van der Waals surface area (Å²) in [5, 5.41) is 10.9. The number of benzene rings is 1. The zero-order valence-corrected chi connectivity index (χ0v) is 19.9. The third kappa shape index (κ3) is 7.42. The van der Waals surface area contributed by atoms with Crippen LogP contribution in [0.4, 0.5) is 0 Å². The quantitative estimate of drug-likeness (QED) is 0.345. The summed E-state index contributed by atoms with van der Waals surface area (Å²) in [6, 6.07) is 7.68. The Hall–Kier alpha value is -2.83. The Balaban J connectivity index is 2.04. The Labute approximate surface area is 186 Å². The van der Waals surface area contributed by atoms with Crippen LogP contribution in [-0.4, -0.2) is 46.7 Å². The molecule has 2 aromatic rings. The third-order valence-corrected chi connectivity index (χ3v) is 5.03. The highest BCUT2D eigenvalue weighted by Crippen LogP contribution is 2.18. The van der Waals surface area contributed by atoms with Crippen LogP contribution in [0.25, 0.3) is 0 Å². The standard InChI is InChI=1S/C24H38N6O/c1-7-9-14-26-23(31)20-12-10-19(11-13-20)15-27-24(25-8-2)29(5)16-21-17-30(6)28-22(21)18(3)4/h10-13,17-18H,7-9,14-16H2,1-6H3,(H,25,27)(H,26,31). The van der Waals surface area contributed by atoms with E-state index in [0.717, 1.165) is 49.7 Å². The first-order chi connectivity index (χ1) is 14.8. The summed E-state index contributed by atoms with van der Waals surface area (Å²) in [4.78, 5) is 19.1. The SMILES string of the molecule is CCCCNC(=O)c1ccc(CN=C(NCC)N(C)Cc2cn(C)nc2C(C)C)cc1. The first-order valence-corrected chi connectivity index (χ1v) is 11.2. The van der Waals surface area contributed by atoms with Crippen LogP contribution in [0, 0.1) is 0 Å². The molecule has 0 saturated heterocycles. The summed E-state index contributed by atoms with van der Waals surface area (Å²) in [5.41, 5.74) is 4.09. The number of guanidine groups is 1. The summed E-state index contributed by atoms with van der Waals surface area (Å²) in [6.45, 7) is 11.3. The fourth-order valence-electron chi connectivity index (χ4n) is 3.37. The predicted octanol–water partition coefficient (Wildman–Crippen LogP) is 3.67. The molecule has 0 aliphatic carbocycles. The Morgan fingerprint density at radius 2 is 1.90 bits per heavy atom. The molecule has 7 nitrogen and oxygen atoms in total. The van der Waals surface area contributed by atoms with Crippen molar-refractivity contribution in [2.75, 3.05) is 20.1 Å². The molecule has 0 bridgehead atoms. The number of hydrogen-bond donors (Lipinski definition) is 2. The van der Waals surface area contributed by atoms with E-state index in [1.165, 1.54) is 5.56 Å². The van der Waals surface area contributed by atoms with E-state index < -0.39 is 0 Å². The first kappa shape index (κ1) is 24.4. The molecule has 1 aromatic heterocycles. The predicted molar refractivity (Wildman–Crippen MR) is 127 cm³/mol. The lowest BCUT2D eigenvalue weighted by molar-refractivity contribution is 0.0953. The molecular formula is C24H38N6O. The van der Waals surface area contributed by atoms with Gasteiger partial charge in [-0.05, 0) is 37.0 Å². The van der Waals surface area contributed by atoms with E-state index in [4.69, 9.17) is 4.99 Å². The van der Waals surface area contributed by atoms with Crippen LogP contribution in [0.2, 0.25) is 0 Å². The molecule has 0 fully saturated rings. The molecule has 0 spiro atoms. The summed E-state index contributed by atoms with van der Waals surface area (Å²) in [6.07, 6.45) is 4.15. The molecule has 0 saturated carbocycles. The zero-order chi connectivity index (χ0) is 22.8. The number of nitrogens with one attached hydrogen (secondary N) is 2. The number of hydrogen-bond acceptors (Lipinski definition) is 3. The molecule has 1 heterocycles. The minimum Gasteiger partial charge on any atom is -0.357 e. The molecule has 0 unspecified atom stereocenters. The third-order valence-electron chi connectivity index (χ3n) is 5.03. The minimum atomic E-state index is -0.0194. The highest BCUT2D eigenvalue weighted by Gasteiger charge is 2.15. The van der Waals surface area contributed by atoms with E-state index in [2.05, 4.69) is 54.5 Å². The highest BCUT2D eigenvalue weighted by molar-refractivity contribution is 5.94. The normalized spacial score (nSPS) is 11.6. The van der Waals surface area contributed by atoms with Crippen LogP contribution in [-0.2, 0) is 20.1 Å². The van der Waals surface area contributed by atoms with Gasteiger partial charge < -0.3 is 15.5 Å². The average Bonchev–Trinajstić information content (AvgIpc) is 3.11. The fourth-order valence-corrected chi connectivity index (χ4v) is 3.37. The fraction of sp³-hybridized carbons (Fsp3) is 0.542. The Kier molecular flexibility index (Phi) is 9.56. The number of aliphatic imine (C=N–C) groups is 1. The van der Waals surface area contributed by atoms with Gasteiger partial charge in [-0.25, -0.2) is 4.99 Å². The number of rotatable bonds is 10. The molecule has 7 heteroatoms. The van der Waals surface area contributed by atoms with Crippen molar-refractivity contribution in [3.63, 3.8) is 0 Å². The van der Waals surface area contributed by atoms with Gasteiger partial charge in [-0.2, -0.15) is 5.10 Å². The monoisotopic (exact) mass is 426 g/mol. The van der Waals surface area contributed by atoms with Crippen LogP contribution in [0.5, 0.6) is 0 Å². The van der Waals surface area contributed by atoms with Crippen molar-refractivity contribution >= 4 is 11.9 Å². The average molecular weight is 427 g/mol. The smallest absolute Gasteiger partial charge is 0.251 e. The number of amides is 1. The first-order valence-electron chi connectivity index (χ1n) is 11.2. The minimum absolute atomic E-state index is 0.0194. The van der Waals surface area contributed by atoms with Crippen LogP contribution in [0.3, 0.4) is 0 Å². The Morgan fingerprint density at radius 3 is 2.52 bits per heavy atom. The van der Waals surface area contributed by atoms with Gasteiger partial charge in [-0.3, -0.25) is 9.48 Å². The van der Waals surface area contributed by atoms with Crippen molar-refractivity contribution in [2.24, 2.45) is 12.0 Å². The largest absolute Gasteiger partial charge is 0.357 e. The van der Waals surface area contributed by atoms with Crippen molar-refractivity contribution in [2.45, 2.75) is 59.5 Å². The number of aromatic nitrogens is 2. The van der Waals surface area contributed by atoms with Crippen LogP contribution < -0.4 is 10.6 Å². The lowest BCUT2D eigenvalue weighted by Gasteiger charge is -2.22. The van der Waals surface area contributed by atoms with E-state index in [0.29, 0.717) is 18.0 Å². The second kappa shape index (κ2) is 12.1. The van der Waals surface area contributed by atoms with Gasteiger partial charge in [0.25, 0.3) is 5.91 Å². The van der Waals surface area contributed by atoms with E-state index in [1.807, 2.05) is 43.0 Å². The van der Waals surface area contributed by atoms with Crippen molar-refractivity contribution in [3.8, 4) is 0 Å². The van der Waals surface area contributed by atoms with Gasteiger partial charge in [-0.15, -0.1) is 0 Å². The van der Waals surface area contributed by atoms with Crippen molar-refractivity contribution in [3.05, 3.63) is 52.8 Å². The number of nitrogens with zero attached hydrogens (tertiary/aromatic N) is 4. The molecule has 0 aliphatic rings. The number of carbonyl (C=O) groups excluding carboxylic acids is 1. The van der Waals surface area contributed by atoms with Gasteiger partial charge in [0.1, 0.15) is 0 Å². The molecule has 2 N–H and O–H groups in total. The summed E-state index contributed by atoms with van der Waals surface area (Å²) < 4.78 is 1.88. The van der Waals surface area contributed by atoms with Crippen molar-refractivity contribution in [1.29, 1.82) is 0 Å². The summed E-state index contributed by atoms with van der Waals surface area (Å²) in [5.74, 6) is 1.21. The molecule has 0 atom stereocenters. The molecule has 170 valence electrons. The van der Waals surface area contributed by atoms with Gasteiger partial charge >= 0.3 is 0 Å². The van der Waals surface area contributed by atoms with Gasteiger partial charge in [0.15, 0.2) is 5.96 Å². The van der Waals surface area contributed by atoms with Gasteiger partial charge in [0, 0.05) is 51.1 Å². The van der Waals surface area contributed by atoms with E-state index >= 15 is 0 Å². The summed E-state index contributed by atoms with van der Waals surface area (Å²) >= 11 is 0. The highest BCUT2D eigenvalue weighted by atomic mass is 16.1. The Morgan fingerprint density at radius 1 is 1.19 bits per heavy atom. The van der Waals surface area contributed by atoms with Gasteiger partial charge in [0.05, 0.1) is 12.2 Å². The number of carbonyl (C=O) groups is 1. The second-order valence-electron chi connectivity index (χ2n) is 8.20. The lowest BCUT2D eigenvalue weighted by atomic mass is 10.1. The molecule has 0 radical (unpaired) electrons. The number of aryl methyl sites for hydroxylation is 1. The van der Waals surface area contributed by atoms with E-state index in [-0.39, 0.29) is 5.91 Å². The summed E-state index contributed by atoms with van der Waals surface area (Å²) in [7, 11) is 4.00. The van der Waals surface area contributed by atoms with Crippen molar-refractivity contribution < 1.29 is 4.79 Å². The molecule has 0 aliphatic heterocycles. The Bertz CT molecular complexity index is 853. The topological polar surface area (TPSA) is 74.6 Å². The molecule has 1 amide bonds. The zero-order valence-electron chi connectivity index (χ0n) is 19.9. The maximum atomic E-state index is 12.2. The maximum Gasteiger partial charge on any atom is 0.251 e. The van der Waals surface area contributed by atoms with E-state index in [1.54, 1.807) is 0 Å². The van der Waals surface area contributed by atoms with Gasteiger partial charge in [-0.1, -0.05) is 39.3 Å². The van der Waals surface area contributed by atoms with E-state index in [9.17, 15) is 4.79 Å². The molecular weight excluding hydrogens is 388 g/mol. The second-order valence-corrected chi connectivity index (χ2v) is 8.20. The molecule has 2 rings (SSSR count). The lowest BCUT2D eigenvalue weighted by Crippen LogP contribution is -2.38. The molecule has 1 aromatic carbocycles. The maximum absolute atomic E-state index is 12.2. The van der Waals surface area contributed by atoms with Crippen molar-refractivity contribution in [1.82, 2.24) is 25.3 Å². The van der Waals surface area contributed by atoms with Gasteiger partial charge in [0.2, 0.25) is 0 Å². The van der Waals surface area contributed by atoms with Crippen LogP contribution in [0.15, 0.2) is 35.5 Å². The number of unbranched alkanes of at least 4 members (excludes halogenated alkanes) is 1. The van der Waals surface area contributed by atoms with Crippen LogP contribution >= 0.6 is 0 Å². The molecule has 31 heavy (non-hydrogen) atoms.